The highest BCUT2D eigenvalue weighted by molar-refractivity contribution is 7.14. The van der Waals surface area contributed by atoms with Crippen molar-refractivity contribution in [2.24, 2.45) is 5.10 Å². The molecule has 0 aliphatic carbocycles. The lowest BCUT2D eigenvalue weighted by molar-refractivity contribution is 0.139. The van der Waals surface area contributed by atoms with E-state index in [4.69, 9.17) is 16.3 Å². The predicted molar refractivity (Wildman–Crippen MR) is 128 cm³/mol. The second-order valence-electron chi connectivity index (χ2n) is 7.19. The van der Waals surface area contributed by atoms with Crippen LogP contribution in [0.1, 0.15) is 35.4 Å². The third-order valence-electron chi connectivity index (χ3n) is 4.94. The summed E-state index contributed by atoms with van der Waals surface area (Å²) in [5, 5.41) is 9.53. The molecular formula is C23H18ClF4N5OS. The molecular weight excluding hydrogens is 506 g/mol. The third-order valence-corrected chi connectivity index (χ3v) is 6.08. The molecule has 35 heavy (non-hydrogen) atoms. The molecule has 0 unspecified atom stereocenters. The Kier molecular flexibility index (Phi) is 7.67. The zero-order chi connectivity index (χ0) is 24.9. The Morgan fingerprint density at radius 1 is 1.14 bits per heavy atom. The van der Waals surface area contributed by atoms with Gasteiger partial charge in [0.05, 0.1) is 30.6 Å². The zero-order valence-corrected chi connectivity index (χ0v) is 19.7. The molecule has 0 spiro atoms. The molecule has 0 aliphatic heterocycles. The van der Waals surface area contributed by atoms with Gasteiger partial charge in [0.15, 0.2) is 0 Å². The van der Waals surface area contributed by atoms with Gasteiger partial charge in [-0.25, -0.2) is 22.5 Å². The maximum absolute atomic E-state index is 13.5. The van der Waals surface area contributed by atoms with Crippen molar-refractivity contribution >= 4 is 34.3 Å². The standard InChI is InChI=1S/C23H18ClF4N5OS/c1-34-17-8-7-13(10-29-31-23-30-16(12-35-23)14-5-3-2-4-6-14)9-15(17)11-33-20(22(27)28)18(24)19(32-33)21(25)26/h2-10,12,21-22H,11H2,1H3,(H,30,31). The normalized spacial score (nSPS) is 11.7. The van der Waals surface area contributed by atoms with E-state index >= 15 is 0 Å². The van der Waals surface area contributed by atoms with Crippen LogP contribution in [0, 0.1) is 0 Å². The summed E-state index contributed by atoms with van der Waals surface area (Å²) in [6.45, 7) is -0.253. The lowest BCUT2D eigenvalue weighted by atomic mass is 10.1. The highest BCUT2D eigenvalue weighted by Gasteiger charge is 2.28. The van der Waals surface area contributed by atoms with Crippen molar-refractivity contribution in [2.45, 2.75) is 19.4 Å². The number of ether oxygens (including phenoxy) is 1. The molecule has 0 radical (unpaired) electrons. The number of benzene rings is 2. The summed E-state index contributed by atoms with van der Waals surface area (Å²) < 4.78 is 59.4. The smallest absolute Gasteiger partial charge is 0.283 e. The number of thiazole rings is 1. The van der Waals surface area contributed by atoms with E-state index in [2.05, 4.69) is 20.6 Å². The molecule has 0 fully saturated rings. The number of hydrogen-bond acceptors (Lipinski definition) is 6. The highest BCUT2D eigenvalue weighted by atomic mass is 35.5. The molecule has 4 aromatic rings. The maximum atomic E-state index is 13.5. The number of hydrogen-bond donors (Lipinski definition) is 1. The number of alkyl halides is 4. The van der Waals surface area contributed by atoms with E-state index < -0.39 is 29.3 Å². The van der Waals surface area contributed by atoms with Gasteiger partial charge in [-0.1, -0.05) is 41.9 Å². The minimum Gasteiger partial charge on any atom is -0.496 e. The fourth-order valence-electron chi connectivity index (χ4n) is 3.33. The average Bonchev–Trinajstić information content (AvgIpc) is 3.44. The van der Waals surface area contributed by atoms with Crippen molar-refractivity contribution in [1.29, 1.82) is 0 Å². The predicted octanol–water partition coefficient (Wildman–Crippen LogP) is 7.04. The SMILES string of the molecule is COc1ccc(C=NNc2nc(-c3ccccc3)cs2)cc1Cn1nc(C(F)F)c(Cl)c1C(F)F. The monoisotopic (exact) mass is 523 g/mol. The quantitative estimate of drug-likeness (QED) is 0.145. The van der Waals surface area contributed by atoms with Crippen molar-refractivity contribution < 1.29 is 22.3 Å². The van der Waals surface area contributed by atoms with Crippen LogP contribution in [0.15, 0.2) is 59.0 Å². The van der Waals surface area contributed by atoms with Crippen LogP contribution in [0.25, 0.3) is 11.3 Å². The molecule has 2 aromatic carbocycles. The molecule has 0 saturated heterocycles. The van der Waals surface area contributed by atoms with Crippen LogP contribution in [0.2, 0.25) is 5.02 Å². The van der Waals surface area contributed by atoms with Gasteiger partial charge in [0.2, 0.25) is 5.13 Å². The topological polar surface area (TPSA) is 64.3 Å². The van der Waals surface area contributed by atoms with Gasteiger partial charge < -0.3 is 4.74 Å². The summed E-state index contributed by atoms with van der Waals surface area (Å²) in [4.78, 5) is 4.48. The molecule has 0 atom stereocenters. The third kappa shape index (κ3) is 5.63. The molecule has 0 amide bonds. The van der Waals surface area contributed by atoms with Crippen molar-refractivity contribution in [3.8, 4) is 17.0 Å². The van der Waals surface area contributed by atoms with Crippen LogP contribution in [-0.2, 0) is 6.54 Å². The molecule has 2 aromatic heterocycles. The second-order valence-corrected chi connectivity index (χ2v) is 8.42. The minimum atomic E-state index is -3.08. The van der Waals surface area contributed by atoms with Gasteiger partial charge in [-0.2, -0.15) is 10.2 Å². The van der Waals surface area contributed by atoms with Crippen LogP contribution in [-0.4, -0.2) is 28.1 Å². The lowest BCUT2D eigenvalue weighted by Crippen LogP contribution is -2.09. The fourth-order valence-corrected chi connectivity index (χ4v) is 4.30. The van der Waals surface area contributed by atoms with Crippen LogP contribution < -0.4 is 10.2 Å². The first-order valence-corrected chi connectivity index (χ1v) is 11.4. The Bertz CT molecular complexity index is 1330. The number of halogens is 5. The molecule has 4 rings (SSSR count). The van der Waals surface area contributed by atoms with E-state index in [0.29, 0.717) is 22.0 Å². The van der Waals surface area contributed by atoms with Crippen LogP contribution in [0.3, 0.4) is 0 Å². The van der Waals surface area contributed by atoms with Gasteiger partial charge in [0.1, 0.15) is 17.1 Å². The summed E-state index contributed by atoms with van der Waals surface area (Å²) in [6, 6.07) is 14.7. The van der Waals surface area contributed by atoms with Crippen molar-refractivity contribution in [1.82, 2.24) is 14.8 Å². The minimum absolute atomic E-state index is 0.253. The van der Waals surface area contributed by atoms with Gasteiger partial charge in [0.25, 0.3) is 12.9 Å². The number of rotatable bonds is 9. The van der Waals surface area contributed by atoms with Gasteiger partial charge in [-0.3, -0.25) is 10.1 Å². The Morgan fingerprint density at radius 2 is 1.91 bits per heavy atom. The number of nitrogens with zero attached hydrogens (tertiary/aromatic N) is 4. The van der Waals surface area contributed by atoms with E-state index in [9.17, 15) is 17.6 Å². The summed E-state index contributed by atoms with van der Waals surface area (Å²) in [6.07, 6.45) is -4.65. The lowest BCUT2D eigenvalue weighted by Gasteiger charge is -2.12. The number of methoxy groups -OCH3 is 1. The number of nitrogens with one attached hydrogen (secondary N) is 1. The van der Waals surface area contributed by atoms with E-state index in [1.807, 2.05) is 35.7 Å². The van der Waals surface area contributed by atoms with E-state index in [1.54, 1.807) is 18.2 Å². The number of aromatic nitrogens is 3. The molecule has 0 saturated carbocycles. The molecule has 6 nitrogen and oxygen atoms in total. The number of anilines is 1. The van der Waals surface area contributed by atoms with E-state index in [-0.39, 0.29) is 6.54 Å². The Hall–Kier alpha value is -3.44. The Morgan fingerprint density at radius 3 is 2.60 bits per heavy atom. The van der Waals surface area contributed by atoms with Gasteiger partial charge >= 0.3 is 0 Å². The first-order chi connectivity index (χ1) is 16.9. The Labute approximate surface area is 206 Å². The fraction of sp³-hybridized carbons (Fsp3) is 0.174. The van der Waals surface area contributed by atoms with Crippen LogP contribution in [0.4, 0.5) is 22.7 Å². The highest BCUT2D eigenvalue weighted by Crippen LogP contribution is 2.35. The summed E-state index contributed by atoms with van der Waals surface area (Å²) in [5.41, 5.74) is 4.03. The maximum Gasteiger partial charge on any atom is 0.283 e. The van der Waals surface area contributed by atoms with E-state index in [0.717, 1.165) is 15.9 Å². The Balaban J connectivity index is 1.53. The first-order valence-electron chi connectivity index (χ1n) is 10.2. The molecule has 2 heterocycles. The van der Waals surface area contributed by atoms with Gasteiger partial charge in [0, 0.05) is 16.5 Å². The summed E-state index contributed by atoms with van der Waals surface area (Å²) in [7, 11) is 1.41. The molecule has 1 N–H and O–H groups in total. The van der Waals surface area contributed by atoms with Gasteiger partial charge in [-0.15, -0.1) is 11.3 Å². The molecule has 12 heteroatoms. The van der Waals surface area contributed by atoms with Crippen molar-refractivity contribution in [3.05, 3.63) is 81.4 Å². The largest absolute Gasteiger partial charge is 0.496 e. The van der Waals surface area contributed by atoms with E-state index in [1.165, 1.54) is 24.7 Å². The zero-order valence-electron chi connectivity index (χ0n) is 18.1. The van der Waals surface area contributed by atoms with Crippen molar-refractivity contribution in [3.63, 3.8) is 0 Å². The van der Waals surface area contributed by atoms with Crippen LogP contribution >= 0.6 is 22.9 Å². The summed E-state index contributed by atoms with van der Waals surface area (Å²) in [5.74, 6) is 0.368. The molecule has 182 valence electrons. The van der Waals surface area contributed by atoms with Crippen LogP contribution in [0.5, 0.6) is 5.75 Å². The summed E-state index contributed by atoms with van der Waals surface area (Å²) >= 11 is 7.14. The second kappa shape index (κ2) is 10.9. The molecule has 0 aliphatic rings. The molecule has 0 bridgehead atoms. The van der Waals surface area contributed by atoms with Gasteiger partial charge in [-0.05, 0) is 23.8 Å². The average molecular weight is 524 g/mol. The number of hydrazone groups is 1. The van der Waals surface area contributed by atoms with Crippen molar-refractivity contribution in [2.75, 3.05) is 12.5 Å². The first kappa shape index (κ1) is 24.7.